The molecule has 1 fully saturated rings. The highest BCUT2D eigenvalue weighted by Gasteiger charge is 2.32. The first-order chi connectivity index (χ1) is 31.7. The Kier molecular flexibility index (Phi) is 18.7. The normalized spacial score (nSPS) is 20.9. The number of aliphatic carboxylic acids is 1. The van der Waals surface area contributed by atoms with Crippen LogP contribution in [0.15, 0.2) is 91.1 Å². The van der Waals surface area contributed by atoms with Gasteiger partial charge in [0, 0.05) is 49.8 Å². The van der Waals surface area contributed by atoms with Crippen molar-refractivity contribution in [1.29, 1.82) is 0 Å². The zero-order valence-corrected chi connectivity index (χ0v) is 36.4. The van der Waals surface area contributed by atoms with Crippen LogP contribution in [-0.4, -0.2) is 120 Å². The van der Waals surface area contributed by atoms with Gasteiger partial charge in [-0.3, -0.25) is 38.4 Å². The first-order valence-electron chi connectivity index (χ1n) is 21.5. The van der Waals surface area contributed by atoms with Gasteiger partial charge < -0.3 is 57.4 Å². The number of benzene rings is 3. The molecule has 5 rings (SSSR count). The van der Waals surface area contributed by atoms with Crippen molar-refractivity contribution >= 4 is 64.1 Å². The molecule has 10 N–H and O–H groups in total. The van der Waals surface area contributed by atoms with Crippen molar-refractivity contribution < 1.29 is 53.0 Å². The molecular formula is C46H55N9O11. The van der Waals surface area contributed by atoms with Gasteiger partial charge in [0.15, 0.2) is 0 Å². The van der Waals surface area contributed by atoms with E-state index in [1.807, 2.05) is 24.3 Å². The lowest BCUT2D eigenvalue weighted by Crippen LogP contribution is -2.59. The fourth-order valence-electron chi connectivity index (χ4n) is 7.07. The second-order valence-corrected chi connectivity index (χ2v) is 15.7. The molecule has 350 valence electrons. The molecular weight excluding hydrogens is 855 g/mol. The number of carboxylic acids is 1. The summed E-state index contributed by atoms with van der Waals surface area (Å²) in [6.07, 6.45) is 0.947. The molecule has 5 atom stereocenters. The summed E-state index contributed by atoms with van der Waals surface area (Å²) in [4.78, 5) is 122. The van der Waals surface area contributed by atoms with Crippen molar-refractivity contribution in [1.82, 2.24) is 47.5 Å². The highest BCUT2D eigenvalue weighted by Crippen LogP contribution is 2.19. The van der Waals surface area contributed by atoms with Crippen LogP contribution in [0.25, 0.3) is 10.9 Å². The fraction of sp³-hybridized carbons (Fsp3) is 0.370. The van der Waals surface area contributed by atoms with E-state index in [2.05, 4.69) is 47.5 Å². The third kappa shape index (κ3) is 15.9. The maximum absolute atomic E-state index is 14.2. The van der Waals surface area contributed by atoms with E-state index < -0.39 is 103 Å². The number of rotatable bonds is 12. The van der Waals surface area contributed by atoms with Gasteiger partial charge in [-0.05, 0) is 42.0 Å². The summed E-state index contributed by atoms with van der Waals surface area (Å²) in [5.41, 5.74) is 2.80. The fourth-order valence-corrected chi connectivity index (χ4v) is 7.07. The molecule has 2 heterocycles. The van der Waals surface area contributed by atoms with Crippen molar-refractivity contribution in [2.24, 2.45) is 0 Å². The average molecular weight is 910 g/mol. The minimum atomic E-state index is -1.47. The number of fused-ring (bicyclic) bond motifs is 1. The van der Waals surface area contributed by atoms with Gasteiger partial charge in [0.25, 0.3) is 0 Å². The van der Waals surface area contributed by atoms with Gasteiger partial charge in [-0.25, -0.2) is 4.79 Å². The Bertz CT molecular complexity index is 2340. The van der Waals surface area contributed by atoms with Gasteiger partial charge in [-0.1, -0.05) is 78.9 Å². The molecule has 3 aromatic carbocycles. The second kappa shape index (κ2) is 25.0. The third-order valence-corrected chi connectivity index (χ3v) is 10.5. The van der Waals surface area contributed by atoms with Crippen molar-refractivity contribution in [3.05, 3.63) is 108 Å². The first kappa shape index (κ1) is 49.4. The maximum atomic E-state index is 14.2. The van der Waals surface area contributed by atoms with Gasteiger partial charge in [-0.2, -0.15) is 0 Å². The largest absolute Gasteiger partial charge is 0.480 e. The predicted molar refractivity (Wildman–Crippen MR) is 239 cm³/mol. The van der Waals surface area contributed by atoms with Crippen LogP contribution < -0.4 is 42.5 Å². The van der Waals surface area contributed by atoms with Crippen molar-refractivity contribution in [2.75, 3.05) is 26.2 Å². The molecule has 1 aromatic heterocycles. The predicted octanol–water partition coefficient (Wildman–Crippen LogP) is -0.379. The van der Waals surface area contributed by atoms with Crippen LogP contribution >= 0.6 is 0 Å². The number of carbonyl (C=O) groups excluding carboxylic acids is 8. The standard InChI is InChI=1S/C46H55N9O11/c1-28(56)48-24-40(58)51-34-18-19-39(57)47-20-10-17-35(46(64)65)53-44(62)37(22-31-23-49-33-16-9-8-15-32(31)33)52-41(59)25-50-42(60)36(21-29-11-4-2-5-12-29)54-45(63)38(55-43(34)61)27-66-26-30-13-6-3-7-14-30/h2-9,11-16,23,34-38,49H,10,17-22,24-27H2,1H3,(H,47,57)(H,48,56)(H,50,60)(H,51,58)(H,52,59)(H,53,62)(H,54,63)(H,55,61)(H,64,65)/t34?,35?,36?,37-,38-/m0/s1. The molecule has 0 saturated carbocycles. The number of aromatic amines is 1. The Balaban J connectivity index is 1.44. The van der Waals surface area contributed by atoms with Gasteiger partial charge in [0.2, 0.25) is 47.3 Å². The van der Waals surface area contributed by atoms with Crippen LogP contribution in [0, 0.1) is 0 Å². The van der Waals surface area contributed by atoms with E-state index in [1.54, 1.807) is 66.9 Å². The molecule has 20 heteroatoms. The van der Waals surface area contributed by atoms with E-state index in [1.165, 1.54) is 6.92 Å². The molecule has 0 aliphatic carbocycles. The molecule has 8 amide bonds. The SMILES string of the molecule is CC(=O)NCC(=O)NC1CCC(=O)NCCCC(C(=O)O)NC(=O)[C@H](Cc2c[nH]c3ccccc23)NC(=O)CNC(=O)C(Cc2ccccc2)NC(=O)[C@H](COCc2ccccc2)NC1=O. The van der Waals surface area contributed by atoms with Crippen molar-refractivity contribution in [3.63, 3.8) is 0 Å². The lowest BCUT2D eigenvalue weighted by molar-refractivity contribution is -0.142. The molecule has 0 radical (unpaired) electrons. The third-order valence-electron chi connectivity index (χ3n) is 10.5. The summed E-state index contributed by atoms with van der Waals surface area (Å²) in [5, 5.41) is 31.2. The van der Waals surface area contributed by atoms with Crippen LogP contribution in [-0.2, 0) is 67.3 Å². The minimum Gasteiger partial charge on any atom is -0.480 e. The van der Waals surface area contributed by atoms with Gasteiger partial charge in [0.05, 0.1) is 26.3 Å². The number of carboxylic acid groups (broad SMARTS) is 1. The Morgan fingerprint density at radius 2 is 1.35 bits per heavy atom. The first-order valence-corrected chi connectivity index (χ1v) is 21.5. The molecule has 20 nitrogen and oxygen atoms in total. The second-order valence-electron chi connectivity index (χ2n) is 15.7. The van der Waals surface area contributed by atoms with Crippen molar-refractivity contribution in [3.8, 4) is 0 Å². The summed E-state index contributed by atoms with van der Waals surface area (Å²) in [5.74, 6) is -7.35. The molecule has 66 heavy (non-hydrogen) atoms. The molecule has 1 saturated heterocycles. The van der Waals surface area contributed by atoms with Crippen LogP contribution in [0.5, 0.6) is 0 Å². The van der Waals surface area contributed by atoms with E-state index in [4.69, 9.17) is 4.74 Å². The Morgan fingerprint density at radius 3 is 2.06 bits per heavy atom. The maximum Gasteiger partial charge on any atom is 0.326 e. The lowest BCUT2D eigenvalue weighted by Gasteiger charge is -2.25. The summed E-state index contributed by atoms with van der Waals surface area (Å²) in [7, 11) is 0. The summed E-state index contributed by atoms with van der Waals surface area (Å²) < 4.78 is 5.87. The average Bonchev–Trinajstić information content (AvgIpc) is 3.71. The smallest absolute Gasteiger partial charge is 0.326 e. The monoisotopic (exact) mass is 909 g/mol. The number of hydrogen-bond donors (Lipinski definition) is 10. The Morgan fingerprint density at radius 1 is 0.697 bits per heavy atom. The van der Waals surface area contributed by atoms with E-state index in [0.29, 0.717) is 11.1 Å². The van der Waals surface area contributed by atoms with E-state index in [0.717, 1.165) is 16.5 Å². The van der Waals surface area contributed by atoms with E-state index >= 15 is 0 Å². The minimum absolute atomic E-state index is 0.0232. The van der Waals surface area contributed by atoms with Crippen molar-refractivity contribution in [2.45, 2.75) is 82.3 Å². The number of hydrogen-bond acceptors (Lipinski definition) is 10. The molecule has 4 aromatic rings. The van der Waals surface area contributed by atoms with Crippen LogP contribution in [0.1, 0.15) is 49.3 Å². The number of carbonyl (C=O) groups is 9. The quantitative estimate of drug-likeness (QED) is 0.0875. The zero-order valence-electron chi connectivity index (χ0n) is 36.4. The van der Waals surface area contributed by atoms with E-state index in [-0.39, 0.29) is 51.7 Å². The number of H-pyrrole nitrogens is 1. The van der Waals surface area contributed by atoms with Crippen LogP contribution in [0.3, 0.4) is 0 Å². The highest BCUT2D eigenvalue weighted by atomic mass is 16.5. The lowest BCUT2D eigenvalue weighted by atomic mass is 10.0. The zero-order chi connectivity index (χ0) is 47.4. The Labute approximate surface area is 380 Å². The molecule has 0 spiro atoms. The van der Waals surface area contributed by atoms with Crippen LogP contribution in [0.4, 0.5) is 0 Å². The summed E-state index contributed by atoms with van der Waals surface area (Å²) in [6.45, 7) is -0.338. The molecule has 0 bridgehead atoms. The Hall–Kier alpha value is -7.61. The number of ether oxygens (including phenoxy) is 1. The van der Waals surface area contributed by atoms with Gasteiger partial charge in [-0.15, -0.1) is 0 Å². The number of amides is 8. The number of para-hydroxylation sites is 1. The molecule has 3 unspecified atom stereocenters. The van der Waals surface area contributed by atoms with Gasteiger partial charge in [0.1, 0.15) is 30.2 Å². The van der Waals surface area contributed by atoms with Crippen LogP contribution in [0.2, 0.25) is 0 Å². The molecule has 1 aliphatic heterocycles. The molecule has 1 aliphatic rings. The highest BCUT2D eigenvalue weighted by molar-refractivity contribution is 5.97. The van der Waals surface area contributed by atoms with Gasteiger partial charge >= 0.3 is 5.97 Å². The summed E-state index contributed by atoms with van der Waals surface area (Å²) in [6, 6.07) is 18.0. The summed E-state index contributed by atoms with van der Waals surface area (Å²) >= 11 is 0. The number of nitrogens with one attached hydrogen (secondary N) is 9. The topological polar surface area (TPSA) is 295 Å². The van der Waals surface area contributed by atoms with E-state index in [9.17, 15) is 48.3 Å². The number of aromatic nitrogens is 1.